The van der Waals surface area contributed by atoms with Crippen molar-refractivity contribution in [3.05, 3.63) is 15.3 Å². The van der Waals surface area contributed by atoms with Crippen LogP contribution in [0.3, 0.4) is 0 Å². The summed E-state index contributed by atoms with van der Waals surface area (Å²) >= 11 is 5.13. The van der Waals surface area contributed by atoms with Gasteiger partial charge in [-0.05, 0) is 43.3 Å². The number of aromatic nitrogens is 3. The van der Waals surface area contributed by atoms with E-state index in [2.05, 4.69) is 17.1 Å². The number of aromatic amines is 2. The van der Waals surface area contributed by atoms with E-state index in [1.54, 1.807) is 4.57 Å². The highest BCUT2D eigenvalue weighted by Crippen LogP contribution is 2.67. The number of rotatable bonds is 2. The van der Waals surface area contributed by atoms with Crippen LogP contribution in [0.5, 0.6) is 0 Å². The number of hydrogen-bond acceptors (Lipinski definition) is 2. The average Bonchev–Trinajstić information content (AvgIpc) is 3.01. The normalized spacial score (nSPS) is 26.1. The zero-order valence-electron chi connectivity index (χ0n) is 8.09. The monoisotopic (exact) mass is 211 g/mol. The van der Waals surface area contributed by atoms with Crippen molar-refractivity contribution in [2.75, 3.05) is 0 Å². The maximum atomic E-state index is 11.6. The van der Waals surface area contributed by atoms with Gasteiger partial charge in [0.05, 0.1) is 5.54 Å². The van der Waals surface area contributed by atoms with Crippen molar-refractivity contribution in [3.63, 3.8) is 0 Å². The van der Waals surface area contributed by atoms with Crippen molar-refractivity contribution in [2.24, 2.45) is 5.41 Å². The summed E-state index contributed by atoms with van der Waals surface area (Å²) in [6.45, 7) is 2.26. The van der Waals surface area contributed by atoms with E-state index >= 15 is 0 Å². The molecular formula is C9H13N3OS. The van der Waals surface area contributed by atoms with Crippen LogP contribution in [-0.4, -0.2) is 14.8 Å². The molecular weight excluding hydrogens is 198 g/mol. The van der Waals surface area contributed by atoms with Crippen molar-refractivity contribution < 1.29 is 0 Å². The van der Waals surface area contributed by atoms with Crippen LogP contribution in [0.2, 0.25) is 0 Å². The van der Waals surface area contributed by atoms with Gasteiger partial charge < -0.3 is 0 Å². The van der Waals surface area contributed by atoms with E-state index in [9.17, 15) is 4.79 Å². The van der Waals surface area contributed by atoms with Gasteiger partial charge in [-0.1, -0.05) is 6.92 Å². The second kappa shape index (κ2) is 2.21. The third kappa shape index (κ3) is 0.834. The molecule has 1 aromatic heterocycles. The van der Waals surface area contributed by atoms with Crippen LogP contribution < -0.4 is 5.69 Å². The predicted octanol–water partition coefficient (Wildman–Crippen LogP) is 1.52. The Bertz CT molecular complexity index is 459. The first-order chi connectivity index (χ1) is 6.59. The van der Waals surface area contributed by atoms with Crippen LogP contribution in [0, 0.1) is 10.2 Å². The maximum absolute atomic E-state index is 11.6. The van der Waals surface area contributed by atoms with Gasteiger partial charge in [0.25, 0.3) is 0 Å². The highest BCUT2D eigenvalue weighted by atomic mass is 32.1. The molecule has 0 aromatic carbocycles. The van der Waals surface area contributed by atoms with E-state index in [-0.39, 0.29) is 11.2 Å². The zero-order valence-corrected chi connectivity index (χ0v) is 8.91. The van der Waals surface area contributed by atoms with Crippen LogP contribution in [0.25, 0.3) is 0 Å². The van der Waals surface area contributed by atoms with Gasteiger partial charge >= 0.3 is 5.69 Å². The summed E-state index contributed by atoms with van der Waals surface area (Å²) in [6.07, 6.45) is 4.64. The molecule has 4 nitrogen and oxygen atoms in total. The van der Waals surface area contributed by atoms with E-state index in [0.717, 1.165) is 12.8 Å². The molecule has 76 valence electrons. The smallest absolute Gasteiger partial charge is 0.272 e. The highest BCUT2D eigenvalue weighted by Gasteiger charge is 2.64. The lowest BCUT2D eigenvalue weighted by Crippen LogP contribution is -2.34. The van der Waals surface area contributed by atoms with E-state index < -0.39 is 0 Å². The van der Waals surface area contributed by atoms with Crippen LogP contribution >= 0.6 is 12.2 Å². The molecule has 0 radical (unpaired) electrons. The van der Waals surface area contributed by atoms with Gasteiger partial charge in [0.1, 0.15) is 0 Å². The summed E-state index contributed by atoms with van der Waals surface area (Å²) in [7, 11) is 0. The van der Waals surface area contributed by atoms with E-state index in [1.165, 1.54) is 12.8 Å². The van der Waals surface area contributed by atoms with E-state index in [4.69, 9.17) is 12.2 Å². The lowest BCUT2D eigenvalue weighted by atomic mass is 9.96. The minimum Gasteiger partial charge on any atom is -0.272 e. The fraction of sp³-hybridized carbons (Fsp3) is 0.778. The third-order valence-corrected chi connectivity index (χ3v) is 4.24. The SMILES string of the molecule is CC1(C2(n3c(=O)[nH][nH]c3=S)CC2)CC1. The van der Waals surface area contributed by atoms with Gasteiger partial charge in [-0.15, -0.1) is 0 Å². The van der Waals surface area contributed by atoms with E-state index in [0.29, 0.717) is 10.2 Å². The fourth-order valence-corrected chi connectivity index (χ4v) is 2.88. The van der Waals surface area contributed by atoms with Crippen molar-refractivity contribution in [2.45, 2.75) is 38.1 Å². The number of nitrogens with one attached hydrogen (secondary N) is 2. The summed E-state index contributed by atoms with van der Waals surface area (Å²) in [5, 5.41) is 5.28. The number of nitrogens with zero attached hydrogens (tertiary/aromatic N) is 1. The highest BCUT2D eigenvalue weighted by molar-refractivity contribution is 7.71. The summed E-state index contributed by atoms with van der Waals surface area (Å²) < 4.78 is 2.30. The van der Waals surface area contributed by atoms with E-state index in [1.807, 2.05) is 0 Å². The van der Waals surface area contributed by atoms with Crippen LogP contribution in [0.4, 0.5) is 0 Å². The average molecular weight is 211 g/mol. The first-order valence-corrected chi connectivity index (χ1v) is 5.40. The molecule has 3 rings (SSSR count). The maximum Gasteiger partial charge on any atom is 0.342 e. The lowest BCUT2D eigenvalue weighted by molar-refractivity contribution is 0.293. The van der Waals surface area contributed by atoms with Crippen molar-refractivity contribution in [3.8, 4) is 0 Å². The molecule has 2 fully saturated rings. The minimum atomic E-state index is -0.0828. The Morgan fingerprint density at radius 2 is 1.93 bits per heavy atom. The summed E-state index contributed by atoms with van der Waals surface area (Å²) in [6, 6.07) is 0. The van der Waals surface area contributed by atoms with Gasteiger partial charge in [-0.2, -0.15) is 0 Å². The standard InChI is InChI=1S/C9H13N3OS/c1-8(2-3-8)9(4-5-9)12-6(13)10-11-7(12)14/h2-5H2,1H3,(H,10,13)(H,11,14). The molecule has 0 spiro atoms. The summed E-state index contributed by atoms with van der Waals surface area (Å²) in [5.41, 5.74) is 0.276. The van der Waals surface area contributed by atoms with Crippen molar-refractivity contribution in [1.29, 1.82) is 0 Å². The second-order valence-electron chi connectivity index (χ2n) is 4.79. The van der Waals surface area contributed by atoms with Crippen LogP contribution in [0.1, 0.15) is 32.6 Å². The molecule has 2 aliphatic rings. The molecule has 0 atom stereocenters. The zero-order chi connectivity index (χ0) is 9.97. The quantitative estimate of drug-likeness (QED) is 0.729. The van der Waals surface area contributed by atoms with Crippen LogP contribution in [0.15, 0.2) is 4.79 Å². The predicted molar refractivity (Wildman–Crippen MR) is 54.8 cm³/mol. The number of H-pyrrole nitrogens is 2. The molecule has 0 amide bonds. The van der Waals surface area contributed by atoms with Crippen LogP contribution in [-0.2, 0) is 5.54 Å². The van der Waals surface area contributed by atoms with Gasteiger partial charge in [0, 0.05) is 0 Å². The minimum absolute atomic E-state index is 0.0394. The molecule has 5 heteroatoms. The van der Waals surface area contributed by atoms with Gasteiger partial charge in [-0.25, -0.2) is 9.89 Å². The Balaban J connectivity index is 2.20. The first kappa shape index (κ1) is 8.47. The molecule has 0 aliphatic heterocycles. The largest absolute Gasteiger partial charge is 0.342 e. The van der Waals surface area contributed by atoms with Crippen molar-refractivity contribution >= 4 is 12.2 Å². The molecule has 2 N–H and O–H groups in total. The second-order valence-corrected chi connectivity index (χ2v) is 5.17. The first-order valence-electron chi connectivity index (χ1n) is 4.99. The third-order valence-electron chi connectivity index (χ3n) is 3.96. The Labute approximate surface area is 86.3 Å². The molecule has 2 aliphatic carbocycles. The molecule has 0 saturated heterocycles. The Morgan fingerprint density at radius 3 is 2.29 bits per heavy atom. The Hall–Kier alpha value is -0.840. The topological polar surface area (TPSA) is 53.6 Å². The summed E-state index contributed by atoms with van der Waals surface area (Å²) in [5.74, 6) is 0. The summed E-state index contributed by atoms with van der Waals surface area (Å²) in [4.78, 5) is 11.6. The Kier molecular flexibility index (Phi) is 1.34. The number of hydrogen-bond donors (Lipinski definition) is 2. The fourth-order valence-electron chi connectivity index (χ4n) is 2.57. The molecule has 2 saturated carbocycles. The lowest BCUT2D eigenvalue weighted by Gasteiger charge is -2.22. The molecule has 0 bridgehead atoms. The van der Waals surface area contributed by atoms with Gasteiger partial charge in [-0.3, -0.25) is 9.67 Å². The van der Waals surface area contributed by atoms with Gasteiger partial charge in [0.15, 0.2) is 4.77 Å². The molecule has 1 aromatic rings. The molecule has 0 unspecified atom stereocenters. The molecule has 14 heavy (non-hydrogen) atoms. The van der Waals surface area contributed by atoms with Crippen molar-refractivity contribution in [1.82, 2.24) is 14.8 Å². The Morgan fingerprint density at radius 1 is 1.29 bits per heavy atom. The van der Waals surface area contributed by atoms with Gasteiger partial charge in [0.2, 0.25) is 0 Å². The molecule has 1 heterocycles.